The second-order valence-electron chi connectivity index (χ2n) is 8.32. The number of carbonyl (C=O) groups is 2. The maximum Gasteiger partial charge on any atom is 0.419 e. The highest BCUT2D eigenvalue weighted by Crippen LogP contribution is 2.28. The molecule has 180 valence electrons. The van der Waals surface area contributed by atoms with Gasteiger partial charge in [0.15, 0.2) is 0 Å². The number of nitrogens with zero attached hydrogens (tertiary/aromatic N) is 4. The Hall–Kier alpha value is -2.67. The Morgan fingerprint density at radius 3 is 2.25 bits per heavy atom. The summed E-state index contributed by atoms with van der Waals surface area (Å²) in [4.78, 5) is 40.0. The molecule has 0 aliphatic carbocycles. The van der Waals surface area contributed by atoms with E-state index in [1.807, 2.05) is 0 Å². The van der Waals surface area contributed by atoms with E-state index in [2.05, 4.69) is 20.8 Å². The largest absolute Gasteiger partial charge is 0.444 e. The van der Waals surface area contributed by atoms with Crippen LogP contribution in [0.4, 0.5) is 23.9 Å². The van der Waals surface area contributed by atoms with Crippen LogP contribution < -0.4 is 15.7 Å². The van der Waals surface area contributed by atoms with Gasteiger partial charge in [0.25, 0.3) is 5.91 Å². The summed E-state index contributed by atoms with van der Waals surface area (Å²) in [7, 11) is 0. The van der Waals surface area contributed by atoms with Crippen molar-refractivity contribution in [1.82, 2.24) is 25.7 Å². The molecule has 0 bridgehead atoms. The highest BCUT2D eigenvalue weighted by atomic mass is 19.4. The van der Waals surface area contributed by atoms with Crippen molar-refractivity contribution in [3.63, 3.8) is 0 Å². The number of alkyl carbamates (subject to hydrolysis) is 1. The topological polar surface area (TPSA) is 109 Å². The van der Waals surface area contributed by atoms with Gasteiger partial charge in [-0.2, -0.15) is 18.7 Å². The van der Waals surface area contributed by atoms with E-state index < -0.39 is 23.4 Å². The van der Waals surface area contributed by atoms with Crippen molar-refractivity contribution in [2.24, 2.45) is 0 Å². The van der Waals surface area contributed by atoms with Crippen LogP contribution in [0.5, 0.6) is 0 Å². The fourth-order valence-electron chi connectivity index (χ4n) is 2.73. The van der Waals surface area contributed by atoms with Crippen LogP contribution in [0.3, 0.4) is 0 Å². The number of nitrogens with one attached hydrogen (secondary N) is 2. The SMILES string of the molecule is C[C@@H](CNOCC(=O)N1CCN(c2ncc(C(F)(F)F)cn2)CC1)NC(=O)OC(C)(C)C. The van der Waals surface area contributed by atoms with E-state index in [9.17, 15) is 22.8 Å². The van der Waals surface area contributed by atoms with E-state index in [1.54, 1.807) is 37.5 Å². The molecule has 32 heavy (non-hydrogen) atoms. The van der Waals surface area contributed by atoms with Crippen LogP contribution in [0.1, 0.15) is 33.3 Å². The van der Waals surface area contributed by atoms with Crippen molar-refractivity contribution in [2.75, 3.05) is 44.2 Å². The summed E-state index contributed by atoms with van der Waals surface area (Å²) < 4.78 is 43.0. The smallest absolute Gasteiger partial charge is 0.419 e. The lowest BCUT2D eigenvalue weighted by Crippen LogP contribution is -2.50. The molecule has 0 aromatic carbocycles. The molecule has 1 fully saturated rings. The predicted octanol–water partition coefficient (Wildman–Crippen LogP) is 1.58. The van der Waals surface area contributed by atoms with Gasteiger partial charge < -0.3 is 19.9 Å². The first-order valence-corrected chi connectivity index (χ1v) is 10.1. The van der Waals surface area contributed by atoms with Crippen molar-refractivity contribution >= 4 is 17.9 Å². The van der Waals surface area contributed by atoms with Crippen molar-refractivity contribution < 1.29 is 32.3 Å². The Balaban J connectivity index is 1.66. The van der Waals surface area contributed by atoms with E-state index in [0.29, 0.717) is 26.2 Å². The van der Waals surface area contributed by atoms with Crippen LogP contribution in [0, 0.1) is 0 Å². The molecule has 0 radical (unpaired) electrons. The minimum atomic E-state index is -4.48. The van der Waals surface area contributed by atoms with Crippen LogP contribution in [0.15, 0.2) is 12.4 Å². The highest BCUT2D eigenvalue weighted by molar-refractivity contribution is 5.77. The Bertz CT molecular complexity index is 762. The second kappa shape index (κ2) is 10.8. The average Bonchev–Trinajstić information content (AvgIpc) is 2.69. The number of piperazine rings is 1. The molecule has 2 N–H and O–H groups in total. The van der Waals surface area contributed by atoms with E-state index in [4.69, 9.17) is 9.57 Å². The number of hydrogen-bond acceptors (Lipinski definition) is 8. The van der Waals surface area contributed by atoms with Gasteiger partial charge in [0, 0.05) is 51.2 Å². The Labute approximate surface area is 184 Å². The summed E-state index contributed by atoms with van der Waals surface area (Å²) >= 11 is 0. The summed E-state index contributed by atoms with van der Waals surface area (Å²) in [6, 6.07) is -0.285. The van der Waals surface area contributed by atoms with Gasteiger partial charge in [0.1, 0.15) is 12.2 Å². The quantitative estimate of drug-likeness (QED) is 0.465. The zero-order valence-corrected chi connectivity index (χ0v) is 18.5. The molecule has 1 saturated heterocycles. The van der Waals surface area contributed by atoms with Crippen molar-refractivity contribution in [3.05, 3.63) is 18.0 Å². The van der Waals surface area contributed by atoms with Crippen LogP contribution in [-0.2, 0) is 20.5 Å². The molecule has 1 atom stereocenters. The van der Waals surface area contributed by atoms with Crippen LogP contribution in [0.25, 0.3) is 0 Å². The Morgan fingerprint density at radius 1 is 1.12 bits per heavy atom. The molecule has 1 aliphatic heterocycles. The lowest BCUT2D eigenvalue weighted by Gasteiger charge is -2.34. The average molecular weight is 462 g/mol. The molecule has 0 saturated carbocycles. The summed E-state index contributed by atoms with van der Waals surface area (Å²) in [5, 5.41) is 2.64. The monoisotopic (exact) mass is 462 g/mol. The third-order valence-corrected chi connectivity index (χ3v) is 4.33. The molecule has 0 unspecified atom stereocenters. The third-order valence-electron chi connectivity index (χ3n) is 4.33. The molecule has 1 aliphatic rings. The molecular weight excluding hydrogens is 433 g/mol. The molecule has 13 heteroatoms. The molecule has 0 spiro atoms. The fraction of sp³-hybridized carbons (Fsp3) is 0.684. The minimum absolute atomic E-state index is 0.189. The lowest BCUT2D eigenvalue weighted by molar-refractivity contribution is -0.139. The van der Waals surface area contributed by atoms with E-state index in [-0.39, 0.29) is 31.0 Å². The number of halogens is 3. The predicted molar refractivity (Wildman–Crippen MR) is 109 cm³/mol. The van der Waals surface area contributed by atoms with Gasteiger partial charge in [-0.05, 0) is 27.7 Å². The van der Waals surface area contributed by atoms with Crippen LogP contribution >= 0.6 is 0 Å². The molecule has 2 heterocycles. The van der Waals surface area contributed by atoms with E-state index in [1.165, 1.54) is 0 Å². The molecule has 2 amide bonds. The number of hydrogen-bond donors (Lipinski definition) is 2. The molecule has 10 nitrogen and oxygen atoms in total. The maximum absolute atomic E-state index is 12.6. The normalized spacial score (nSPS) is 16.0. The zero-order chi connectivity index (χ0) is 23.9. The number of amides is 2. The van der Waals surface area contributed by atoms with Gasteiger partial charge in [0.2, 0.25) is 5.95 Å². The summed E-state index contributed by atoms with van der Waals surface area (Å²) in [5.74, 6) is -0.0484. The van der Waals surface area contributed by atoms with E-state index in [0.717, 1.165) is 12.4 Å². The Kier molecular flexibility index (Phi) is 8.61. The van der Waals surface area contributed by atoms with Crippen LogP contribution in [0.2, 0.25) is 0 Å². The first kappa shape index (κ1) is 25.6. The number of rotatable bonds is 7. The number of aromatic nitrogens is 2. The number of hydroxylamine groups is 1. The number of alkyl halides is 3. The summed E-state index contributed by atoms with van der Waals surface area (Å²) in [6.45, 7) is 8.63. The second-order valence-corrected chi connectivity index (χ2v) is 8.32. The number of ether oxygens (including phenoxy) is 1. The van der Waals surface area contributed by atoms with Gasteiger partial charge in [-0.15, -0.1) is 0 Å². The number of anilines is 1. The van der Waals surface area contributed by atoms with Gasteiger partial charge in [-0.25, -0.2) is 14.8 Å². The first-order chi connectivity index (χ1) is 14.8. The maximum atomic E-state index is 12.6. The van der Waals surface area contributed by atoms with Gasteiger partial charge in [-0.1, -0.05) is 0 Å². The van der Waals surface area contributed by atoms with Crippen LogP contribution in [-0.4, -0.2) is 77.8 Å². The lowest BCUT2D eigenvalue weighted by atomic mass is 10.2. The number of carbonyl (C=O) groups excluding carboxylic acids is 2. The summed E-state index contributed by atoms with van der Waals surface area (Å²) in [6.07, 6.45) is -3.53. The molecule has 2 rings (SSSR count). The standard InChI is InChI=1S/C19H29F3N6O4/c1-13(26-17(30)32-18(2,3)4)9-25-31-12-15(29)27-5-7-28(8-6-27)16-23-10-14(11-24-16)19(20,21)22/h10-11,13,25H,5-9,12H2,1-4H3,(H,26,30)/t13-/m0/s1. The van der Waals surface area contributed by atoms with E-state index >= 15 is 0 Å². The van der Waals surface area contributed by atoms with Gasteiger partial charge in [0.05, 0.1) is 5.56 Å². The minimum Gasteiger partial charge on any atom is -0.444 e. The Morgan fingerprint density at radius 2 is 1.72 bits per heavy atom. The summed E-state index contributed by atoms with van der Waals surface area (Å²) in [5.41, 5.74) is 1.13. The van der Waals surface area contributed by atoms with Gasteiger partial charge in [-0.3, -0.25) is 9.63 Å². The van der Waals surface area contributed by atoms with Crippen molar-refractivity contribution in [1.29, 1.82) is 0 Å². The van der Waals surface area contributed by atoms with Crippen molar-refractivity contribution in [3.8, 4) is 0 Å². The first-order valence-electron chi connectivity index (χ1n) is 10.1. The molecular formula is C19H29F3N6O4. The van der Waals surface area contributed by atoms with Gasteiger partial charge >= 0.3 is 12.3 Å². The molecule has 1 aromatic heterocycles. The fourth-order valence-corrected chi connectivity index (χ4v) is 2.73. The van der Waals surface area contributed by atoms with Crippen molar-refractivity contribution in [2.45, 2.75) is 45.5 Å². The zero-order valence-electron chi connectivity index (χ0n) is 18.5. The highest BCUT2D eigenvalue weighted by Gasteiger charge is 2.32. The molecule has 1 aromatic rings. The third kappa shape index (κ3) is 8.46.